The second kappa shape index (κ2) is 8.54. The van der Waals surface area contributed by atoms with Gasteiger partial charge in [-0.25, -0.2) is 9.78 Å². The van der Waals surface area contributed by atoms with Crippen LogP contribution >= 0.6 is 11.8 Å². The number of para-hydroxylation sites is 1. The van der Waals surface area contributed by atoms with E-state index in [0.29, 0.717) is 16.7 Å². The van der Waals surface area contributed by atoms with E-state index in [1.165, 1.54) is 18.0 Å². The van der Waals surface area contributed by atoms with E-state index in [1.54, 1.807) is 11.5 Å². The monoisotopic (exact) mass is 420 g/mol. The van der Waals surface area contributed by atoms with Gasteiger partial charge < -0.3 is 9.15 Å². The van der Waals surface area contributed by atoms with Crippen molar-refractivity contribution in [1.82, 2.24) is 19.7 Å². The number of nitrogens with zero attached hydrogens (tertiary/aromatic N) is 4. The van der Waals surface area contributed by atoms with Gasteiger partial charge in [-0.15, -0.1) is 10.2 Å². The minimum atomic E-state index is -0.707. The van der Waals surface area contributed by atoms with Gasteiger partial charge in [0.2, 0.25) is 5.89 Å². The maximum Gasteiger partial charge on any atom is 0.357 e. The molecule has 4 aromatic rings. The Morgan fingerprint density at radius 1 is 1.10 bits per heavy atom. The molecule has 8 heteroatoms. The second-order valence-corrected chi connectivity index (χ2v) is 7.43. The molecule has 1 unspecified atom stereocenters. The van der Waals surface area contributed by atoms with Gasteiger partial charge in [0, 0.05) is 11.3 Å². The highest BCUT2D eigenvalue weighted by atomic mass is 32.2. The normalized spacial score (nSPS) is 12.0. The highest BCUT2D eigenvalue weighted by Crippen LogP contribution is 2.26. The molecule has 0 aliphatic rings. The Balaban J connectivity index is 1.55. The summed E-state index contributed by atoms with van der Waals surface area (Å²) in [5.74, 6) is 0.0934. The predicted octanol–water partition coefficient (Wildman–Crippen LogP) is 4.87. The zero-order valence-corrected chi connectivity index (χ0v) is 17.6. The number of aromatic nitrogens is 4. The molecule has 0 N–H and O–H groups in total. The third-order valence-corrected chi connectivity index (χ3v) is 5.16. The topological polar surface area (TPSA) is 83.0 Å². The average molecular weight is 420 g/mol. The lowest BCUT2D eigenvalue weighted by molar-refractivity contribution is 0.0269. The molecule has 30 heavy (non-hydrogen) atoms. The van der Waals surface area contributed by atoms with Gasteiger partial charge in [0.25, 0.3) is 5.89 Å². The van der Waals surface area contributed by atoms with Crippen LogP contribution in [-0.2, 0) is 4.74 Å². The molecule has 0 amide bonds. The van der Waals surface area contributed by atoms with Crippen LogP contribution in [0.4, 0.5) is 0 Å². The summed E-state index contributed by atoms with van der Waals surface area (Å²) in [6.45, 7) is 3.70. The van der Waals surface area contributed by atoms with Crippen molar-refractivity contribution in [1.29, 1.82) is 0 Å². The van der Waals surface area contributed by atoms with E-state index >= 15 is 0 Å². The Morgan fingerprint density at radius 3 is 2.53 bits per heavy atom. The molecule has 0 radical (unpaired) electrons. The molecule has 7 nitrogen and oxygen atoms in total. The largest absolute Gasteiger partial charge is 0.448 e. The molecule has 0 spiro atoms. The van der Waals surface area contributed by atoms with Crippen molar-refractivity contribution in [3.63, 3.8) is 0 Å². The van der Waals surface area contributed by atoms with Crippen LogP contribution in [0.5, 0.6) is 0 Å². The predicted molar refractivity (Wildman–Crippen MR) is 114 cm³/mol. The van der Waals surface area contributed by atoms with E-state index in [0.717, 1.165) is 16.8 Å². The Bertz CT molecular complexity index is 1150. The molecule has 0 saturated heterocycles. The zero-order chi connectivity index (χ0) is 21.1. The molecular weight excluding hydrogens is 400 g/mol. The number of imidazole rings is 1. The fourth-order valence-corrected chi connectivity index (χ4v) is 3.48. The van der Waals surface area contributed by atoms with Crippen molar-refractivity contribution < 1.29 is 13.9 Å². The molecule has 2 heterocycles. The molecule has 2 aromatic heterocycles. The smallest absolute Gasteiger partial charge is 0.357 e. The first kappa shape index (κ1) is 19.9. The fourth-order valence-electron chi connectivity index (χ4n) is 2.93. The van der Waals surface area contributed by atoms with Crippen molar-refractivity contribution in [2.75, 3.05) is 6.26 Å². The Hall–Kier alpha value is -3.39. The summed E-state index contributed by atoms with van der Waals surface area (Å²) < 4.78 is 13.1. The van der Waals surface area contributed by atoms with E-state index in [2.05, 4.69) is 15.2 Å². The number of rotatable bonds is 6. The van der Waals surface area contributed by atoms with Crippen molar-refractivity contribution in [2.24, 2.45) is 0 Å². The summed E-state index contributed by atoms with van der Waals surface area (Å²) in [6.07, 6.45) is 2.71. The van der Waals surface area contributed by atoms with Crippen LogP contribution in [0.15, 0.2) is 70.4 Å². The van der Waals surface area contributed by atoms with Gasteiger partial charge in [-0.2, -0.15) is 0 Å². The van der Waals surface area contributed by atoms with Crippen molar-refractivity contribution in [2.45, 2.75) is 25.1 Å². The van der Waals surface area contributed by atoms with Crippen LogP contribution < -0.4 is 0 Å². The molecule has 0 saturated carbocycles. The first-order valence-electron chi connectivity index (χ1n) is 9.35. The molecule has 1 atom stereocenters. The number of aryl methyl sites for hydroxylation is 1. The Labute approximate surface area is 178 Å². The number of hydrogen-bond acceptors (Lipinski definition) is 7. The first-order chi connectivity index (χ1) is 14.6. The lowest BCUT2D eigenvalue weighted by atomic mass is 10.1. The quantitative estimate of drug-likeness (QED) is 0.325. The number of esters is 1. The number of carbonyl (C=O) groups is 1. The summed E-state index contributed by atoms with van der Waals surface area (Å²) in [7, 11) is 0. The Kier molecular flexibility index (Phi) is 5.67. The van der Waals surface area contributed by atoms with Crippen molar-refractivity contribution >= 4 is 17.7 Å². The minimum Gasteiger partial charge on any atom is -0.448 e. The molecule has 152 valence electrons. The van der Waals surface area contributed by atoms with E-state index < -0.39 is 12.1 Å². The number of benzene rings is 2. The van der Waals surface area contributed by atoms with E-state index in [9.17, 15) is 4.79 Å². The number of hydrogen-bond donors (Lipinski definition) is 0. The van der Waals surface area contributed by atoms with Gasteiger partial charge >= 0.3 is 5.97 Å². The summed E-state index contributed by atoms with van der Waals surface area (Å²) in [5.41, 5.74) is 3.11. The maximum absolute atomic E-state index is 12.9. The lowest BCUT2D eigenvalue weighted by Crippen LogP contribution is -2.14. The number of ether oxygens (including phenoxy) is 1. The van der Waals surface area contributed by atoms with Crippen LogP contribution in [-0.4, -0.2) is 32.0 Å². The summed E-state index contributed by atoms with van der Waals surface area (Å²) >= 11 is 1.45. The number of carbonyl (C=O) groups excluding carboxylic acids is 1. The highest BCUT2D eigenvalue weighted by Gasteiger charge is 2.24. The van der Waals surface area contributed by atoms with Crippen LogP contribution in [0.3, 0.4) is 0 Å². The van der Waals surface area contributed by atoms with Gasteiger partial charge in [-0.3, -0.25) is 4.57 Å². The summed E-state index contributed by atoms with van der Waals surface area (Å²) in [6, 6.07) is 17.3. The van der Waals surface area contributed by atoms with E-state index in [4.69, 9.17) is 9.15 Å². The summed E-state index contributed by atoms with van der Waals surface area (Å²) in [5, 5.41) is 8.81. The maximum atomic E-state index is 12.9. The highest BCUT2D eigenvalue weighted by molar-refractivity contribution is 7.98. The van der Waals surface area contributed by atoms with Crippen molar-refractivity contribution in [3.05, 3.63) is 77.9 Å². The van der Waals surface area contributed by atoms with Crippen LogP contribution in [0.1, 0.15) is 35.0 Å². The minimum absolute atomic E-state index is 0.231. The SMILES string of the molecule is CSc1ncc(C(=O)OC(C)c2nnc(-c3ccc(C)cc3)o2)n1-c1ccccc1. The molecule has 0 bridgehead atoms. The number of thioether (sulfide) groups is 1. The molecule has 0 fully saturated rings. The molecular formula is C22H20N4O3S. The average Bonchev–Trinajstić information content (AvgIpc) is 3.42. The van der Waals surface area contributed by atoms with Gasteiger partial charge in [-0.1, -0.05) is 47.7 Å². The van der Waals surface area contributed by atoms with Crippen LogP contribution in [0, 0.1) is 6.92 Å². The zero-order valence-electron chi connectivity index (χ0n) is 16.8. The van der Waals surface area contributed by atoms with Crippen LogP contribution in [0.2, 0.25) is 0 Å². The first-order valence-corrected chi connectivity index (χ1v) is 10.6. The van der Waals surface area contributed by atoms with E-state index in [1.807, 2.05) is 67.8 Å². The Morgan fingerprint density at radius 2 is 1.83 bits per heavy atom. The van der Waals surface area contributed by atoms with Gasteiger partial charge in [0.15, 0.2) is 17.0 Å². The molecule has 0 aliphatic carbocycles. The van der Waals surface area contributed by atoms with Crippen LogP contribution in [0.25, 0.3) is 17.1 Å². The second-order valence-electron chi connectivity index (χ2n) is 6.66. The fraction of sp³-hybridized carbons (Fsp3) is 0.182. The molecule has 2 aromatic carbocycles. The van der Waals surface area contributed by atoms with Gasteiger partial charge in [0.1, 0.15) is 0 Å². The van der Waals surface area contributed by atoms with Gasteiger partial charge in [0.05, 0.1) is 6.20 Å². The molecule has 4 rings (SSSR count). The molecule has 0 aliphatic heterocycles. The van der Waals surface area contributed by atoms with E-state index in [-0.39, 0.29) is 5.89 Å². The van der Waals surface area contributed by atoms with Gasteiger partial charge in [-0.05, 0) is 44.4 Å². The standard InChI is InChI=1S/C22H20N4O3S/c1-14-9-11-16(12-10-14)20-25-24-19(29-20)15(2)28-21(27)18-13-23-22(30-3)26(18)17-7-5-4-6-8-17/h4-13,15H,1-3H3. The third-order valence-electron chi connectivity index (χ3n) is 4.51. The third kappa shape index (κ3) is 3.99. The lowest BCUT2D eigenvalue weighted by Gasteiger charge is -2.12. The van der Waals surface area contributed by atoms with Crippen molar-refractivity contribution in [3.8, 4) is 17.1 Å². The summed E-state index contributed by atoms with van der Waals surface area (Å²) in [4.78, 5) is 17.2.